The van der Waals surface area contributed by atoms with Crippen molar-refractivity contribution in [3.8, 4) is 5.75 Å². The molecule has 118 valence electrons. The summed E-state index contributed by atoms with van der Waals surface area (Å²) in [5.41, 5.74) is 1.48. The molecule has 1 N–H and O–H groups in total. The van der Waals surface area contributed by atoms with Crippen LogP contribution in [-0.2, 0) is 20.4 Å². The number of carbonyl (C=O) groups is 2. The standard InChI is InChI=1S/C18H23NO3/c1-17(2,3)11-9-12(18(4,5)6)16(22)13(10-11)19-14(20)7-8-15(19)21/h7-10,22H,1-6H3. The zero-order chi connectivity index (χ0) is 16.9. The van der Waals surface area contributed by atoms with Gasteiger partial charge >= 0.3 is 0 Å². The molecule has 0 radical (unpaired) electrons. The summed E-state index contributed by atoms with van der Waals surface area (Å²) in [5.74, 6) is -0.858. The number of amides is 2. The van der Waals surface area contributed by atoms with Gasteiger partial charge in [-0.15, -0.1) is 0 Å². The number of imide groups is 1. The minimum atomic E-state index is -0.425. The van der Waals surface area contributed by atoms with E-state index in [0.29, 0.717) is 0 Å². The summed E-state index contributed by atoms with van der Waals surface area (Å²) in [4.78, 5) is 25.0. The van der Waals surface area contributed by atoms with Gasteiger partial charge in [0.1, 0.15) is 5.75 Å². The van der Waals surface area contributed by atoms with Gasteiger partial charge in [-0.3, -0.25) is 9.59 Å². The summed E-state index contributed by atoms with van der Waals surface area (Å²) in [7, 11) is 0. The topological polar surface area (TPSA) is 57.6 Å². The molecule has 0 saturated carbocycles. The van der Waals surface area contributed by atoms with Gasteiger partial charge < -0.3 is 5.11 Å². The van der Waals surface area contributed by atoms with E-state index in [4.69, 9.17) is 0 Å². The van der Waals surface area contributed by atoms with Crippen LogP contribution < -0.4 is 4.90 Å². The summed E-state index contributed by atoms with van der Waals surface area (Å²) in [6, 6.07) is 3.69. The Labute approximate surface area is 131 Å². The first-order chi connectivity index (χ1) is 9.93. The average Bonchev–Trinajstić information content (AvgIpc) is 2.67. The lowest BCUT2D eigenvalue weighted by Crippen LogP contribution is -2.31. The minimum absolute atomic E-state index is 0.00843. The summed E-state index contributed by atoms with van der Waals surface area (Å²) in [6.45, 7) is 12.1. The van der Waals surface area contributed by atoms with Crippen molar-refractivity contribution >= 4 is 17.5 Å². The third-order valence-electron chi connectivity index (χ3n) is 3.81. The molecule has 1 aromatic rings. The number of hydrogen-bond acceptors (Lipinski definition) is 3. The van der Waals surface area contributed by atoms with Crippen LogP contribution in [0.3, 0.4) is 0 Å². The Morgan fingerprint density at radius 3 is 1.77 bits per heavy atom. The van der Waals surface area contributed by atoms with Gasteiger partial charge in [-0.05, 0) is 22.5 Å². The molecular weight excluding hydrogens is 278 g/mol. The van der Waals surface area contributed by atoms with E-state index >= 15 is 0 Å². The lowest BCUT2D eigenvalue weighted by Gasteiger charge is -2.29. The van der Waals surface area contributed by atoms with E-state index in [-0.39, 0.29) is 22.3 Å². The molecule has 0 aliphatic carbocycles. The molecule has 0 unspecified atom stereocenters. The van der Waals surface area contributed by atoms with Crippen LogP contribution in [0.4, 0.5) is 5.69 Å². The number of carbonyl (C=O) groups excluding carboxylic acids is 2. The average molecular weight is 301 g/mol. The second-order valence-electron chi connectivity index (χ2n) is 7.74. The predicted octanol–water partition coefficient (Wildman–Crippen LogP) is 3.42. The molecule has 22 heavy (non-hydrogen) atoms. The van der Waals surface area contributed by atoms with Gasteiger partial charge in [-0.25, -0.2) is 4.90 Å². The number of anilines is 1. The molecule has 4 nitrogen and oxygen atoms in total. The van der Waals surface area contributed by atoms with Crippen molar-refractivity contribution in [2.24, 2.45) is 0 Å². The van der Waals surface area contributed by atoms with Crippen LogP contribution in [0.1, 0.15) is 52.7 Å². The predicted molar refractivity (Wildman–Crippen MR) is 87.1 cm³/mol. The van der Waals surface area contributed by atoms with Crippen molar-refractivity contribution in [2.45, 2.75) is 52.4 Å². The maximum atomic E-state index is 12.0. The Bertz CT molecular complexity index is 655. The number of nitrogens with zero attached hydrogens (tertiary/aromatic N) is 1. The maximum absolute atomic E-state index is 12.0. The van der Waals surface area contributed by atoms with Gasteiger partial charge in [-0.1, -0.05) is 47.6 Å². The molecule has 1 aliphatic rings. The van der Waals surface area contributed by atoms with Crippen molar-refractivity contribution in [3.63, 3.8) is 0 Å². The van der Waals surface area contributed by atoms with Crippen LogP contribution >= 0.6 is 0 Å². The summed E-state index contributed by atoms with van der Waals surface area (Å²) in [5, 5.41) is 10.6. The Morgan fingerprint density at radius 2 is 1.36 bits per heavy atom. The van der Waals surface area contributed by atoms with E-state index in [9.17, 15) is 14.7 Å². The normalized spacial score (nSPS) is 15.8. The second kappa shape index (κ2) is 4.97. The van der Waals surface area contributed by atoms with Gasteiger partial charge in [0, 0.05) is 17.7 Å². The summed E-state index contributed by atoms with van der Waals surface area (Å²) < 4.78 is 0. The van der Waals surface area contributed by atoms with E-state index in [1.807, 2.05) is 26.8 Å². The van der Waals surface area contributed by atoms with Crippen molar-refractivity contribution in [3.05, 3.63) is 35.4 Å². The maximum Gasteiger partial charge on any atom is 0.258 e. The Kier molecular flexibility index (Phi) is 3.68. The molecule has 0 aromatic heterocycles. The van der Waals surface area contributed by atoms with E-state index in [1.165, 1.54) is 12.2 Å². The minimum Gasteiger partial charge on any atom is -0.505 e. The summed E-state index contributed by atoms with van der Waals surface area (Å²) >= 11 is 0. The molecule has 0 bridgehead atoms. The van der Waals surface area contributed by atoms with Gasteiger partial charge in [0.25, 0.3) is 11.8 Å². The molecule has 2 amide bonds. The quantitative estimate of drug-likeness (QED) is 0.809. The van der Waals surface area contributed by atoms with E-state index in [0.717, 1.165) is 16.0 Å². The highest BCUT2D eigenvalue weighted by Crippen LogP contribution is 2.42. The van der Waals surface area contributed by atoms with Crippen molar-refractivity contribution in [2.75, 3.05) is 4.90 Å². The van der Waals surface area contributed by atoms with Crippen LogP contribution in [0.25, 0.3) is 0 Å². The first-order valence-corrected chi connectivity index (χ1v) is 7.37. The third-order valence-corrected chi connectivity index (χ3v) is 3.81. The highest BCUT2D eigenvalue weighted by molar-refractivity contribution is 6.28. The van der Waals surface area contributed by atoms with Crippen molar-refractivity contribution in [1.29, 1.82) is 0 Å². The van der Waals surface area contributed by atoms with Gasteiger partial charge in [0.05, 0.1) is 5.69 Å². The number of benzene rings is 1. The van der Waals surface area contributed by atoms with Crippen LogP contribution in [0, 0.1) is 0 Å². The highest BCUT2D eigenvalue weighted by Gasteiger charge is 2.32. The summed E-state index contributed by atoms with van der Waals surface area (Å²) in [6.07, 6.45) is 2.45. The van der Waals surface area contributed by atoms with Crippen LogP contribution in [0.15, 0.2) is 24.3 Å². The molecular formula is C18H23NO3. The fraction of sp³-hybridized carbons (Fsp3) is 0.444. The van der Waals surface area contributed by atoms with Gasteiger partial charge in [0.2, 0.25) is 0 Å². The largest absolute Gasteiger partial charge is 0.505 e. The van der Waals surface area contributed by atoms with E-state index in [2.05, 4.69) is 20.8 Å². The molecule has 0 fully saturated rings. The zero-order valence-corrected chi connectivity index (χ0v) is 14.0. The number of hydrogen-bond donors (Lipinski definition) is 1. The lowest BCUT2D eigenvalue weighted by molar-refractivity contribution is -0.120. The molecule has 0 saturated heterocycles. The van der Waals surface area contributed by atoms with Crippen molar-refractivity contribution < 1.29 is 14.7 Å². The number of phenols is 1. The van der Waals surface area contributed by atoms with Crippen LogP contribution in [-0.4, -0.2) is 16.9 Å². The fourth-order valence-electron chi connectivity index (χ4n) is 2.43. The van der Waals surface area contributed by atoms with Gasteiger partial charge in [0.15, 0.2) is 0 Å². The Balaban J connectivity index is 2.73. The highest BCUT2D eigenvalue weighted by atomic mass is 16.3. The zero-order valence-electron chi connectivity index (χ0n) is 14.0. The Hall–Kier alpha value is -2.10. The van der Waals surface area contributed by atoms with Crippen LogP contribution in [0.5, 0.6) is 5.75 Å². The van der Waals surface area contributed by atoms with Crippen LogP contribution in [0.2, 0.25) is 0 Å². The molecule has 0 spiro atoms. The van der Waals surface area contributed by atoms with E-state index in [1.54, 1.807) is 6.07 Å². The first-order valence-electron chi connectivity index (χ1n) is 7.37. The monoisotopic (exact) mass is 301 g/mol. The van der Waals surface area contributed by atoms with Crippen molar-refractivity contribution in [1.82, 2.24) is 0 Å². The molecule has 4 heteroatoms. The number of phenolic OH excluding ortho intramolecular Hbond substituents is 1. The molecule has 2 rings (SSSR count). The fourth-order valence-corrected chi connectivity index (χ4v) is 2.43. The van der Waals surface area contributed by atoms with Gasteiger partial charge in [-0.2, -0.15) is 0 Å². The molecule has 0 atom stereocenters. The Morgan fingerprint density at radius 1 is 0.864 bits per heavy atom. The SMILES string of the molecule is CC(C)(C)c1cc(N2C(=O)C=CC2=O)c(O)c(C(C)(C)C)c1. The molecule has 1 heterocycles. The first kappa shape index (κ1) is 16.3. The smallest absolute Gasteiger partial charge is 0.258 e. The second-order valence-corrected chi connectivity index (χ2v) is 7.74. The lowest BCUT2D eigenvalue weighted by atomic mass is 9.79. The molecule has 1 aliphatic heterocycles. The van der Waals surface area contributed by atoms with E-state index < -0.39 is 11.8 Å². The third kappa shape index (κ3) is 2.78. The number of rotatable bonds is 1. The molecule has 1 aromatic carbocycles. The number of aromatic hydroxyl groups is 1.